The smallest absolute Gasteiger partial charge is 0.434 e. The standard InChI is InChI=1S/C2H5.CH3.Al.BrO/c1-2;;;1-2/h1H2,2H3;1H3;;/q;;+1;-1. The van der Waals surface area contributed by atoms with Crippen LogP contribution in [-0.2, 0) is 2.88 Å². The lowest BCUT2D eigenvalue weighted by molar-refractivity contribution is 0.704. The summed E-state index contributed by atoms with van der Waals surface area (Å²) >= 11 is 2.19. The Kier molecular flexibility index (Phi) is 4.81. The van der Waals surface area contributed by atoms with Crippen LogP contribution in [0.3, 0.4) is 0 Å². The fourth-order valence-electron chi connectivity index (χ4n) is 0.0630. The first-order valence-electron chi connectivity index (χ1n) is 2.08. The van der Waals surface area contributed by atoms with E-state index in [4.69, 9.17) is 2.88 Å². The number of rotatable bonds is 2. The second-order valence-electron chi connectivity index (χ2n) is 1.31. The molecule has 0 atom stereocenters. The number of halogens is 1. The highest BCUT2D eigenvalue weighted by molar-refractivity contribution is 9.06. The predicted octanol–water partition coefficient (Wildman–Crippen LogP) is 1.95. The molecule has 0 aliphatic rings. The third kappa shape index (κ3) is 3.17. The highest BCUT2D eigenvalue weighted by Gasteiger charge is 2.05. The van der Waals surface area contributed by atoms with E-state index in [0.717, 1.165) is 0 Å². The van der Waals surface area contributed by atoms with Gasteiger partial charge in [0.05, 0.1) is 16.3 Å². The van der Waals surface area contributed by atoms with E-state index in [-0.39, 0.29) is 0 Å². The van der Waals surface area contributed by atoms with Gasteiger partial charge in [-0.05, 0) is 0 Å². The molecule has 0 saturated carbocycles. The summed E-state index contributed by atoms with van der Waals surface area (Å²) in [6, 6.07) is 0. The Hall–Kier alpha value is 0.972. The average molecular weight is 167 g/mol. The van der Waals surface area contributed by atoms with Crippen LogP contribution in [0.15, 0.2) is 0 Å². The van der Waals surface area contributed by atoms with Gasteiger partial charge in [0.15, 0.2) is 0 Å². The van der Waals surface area contributed by atoms with Gasteiger partial charge < -0.3 is 2.88 Å². The van der Waals surface area contributed by atoms with E-state index in [1.54, 1.807) is 0 Å². The van der Waals surface area contributed by atoms with Crippen LogP contribution in [0.1, 0.15) is 6.92 Å². The van der Waals surface area contributed by atoms with Crippen molar-refractivity contribution in [3.8, 4) is 0 Å². The molecule has 0 aromatic heterocycles. The molecule has 0 aromatic rings. The minimum Gasteiger partial charge on any atom is -0.434 e. The molecule has 0 aromatic carbocycles. The normalized spacial score (nSPS) is 8.50. The van der Waals surface area contributed by atoms with Crippen LogP contribution >= 0.6 is 16.3 Å². The Labute approximate surface area is 51.9 Å². The van der Waals surface area contributed by atoms with E-state index in [2.05, 4.69) is 29.0 Å². The van der Waals surface area contributed by atoms with Gasteiger partial charge in [0.1, 0.15) is 0 Å². The molecule has 1 nitrogen and oxygen atoms in total. The van der Waals surface area contributed by atoms with Crippen molar-refractivity contribution in [1.82, 2.24) is 0 Å². The minimum absolute atomic E-state index is 0.744. The van der Waals surface area contributed by atoms with E-state index >= 15 is 0 Å². The van der Waals surface area contributed by atoms with E-state index in [1.165, 1.54) is 5.28 Å². The molecule has 0 spiro atoms. The first-order valence-corrected chi connectivity index (χ1v) is 5.17. The van der Waals surface area contributed by atoms with Crippen molar-refractivity contribution in [2.24, 2.45) is 0 Å². The van der Waals surface area contributed by atoms with Crippen molar-refractivity contribution in [3.05, 3.63) is 0 Å². The first-order chi connectivity index (χ1) is 2.81. The van der Waals surface area contributed by atoms with Crippen LogP contribution in [-0.4, -0.2) is 14.5 Å². The lowest BCUT2D eigenvalue weighted by Gasteiger charge is -1.90. The average Bonchev–Trinajstić information content (AvgIpc) is 1.65. The third-order valence-electron chi connectivity index (χ3n) is 0.727. The zero-order chi connectivity index (χ0) is 4.99. The van der Waals surface area contributed by atoms with E-state index < -0.39 is 14.5 Å². The molecule has 0 fully saturated rings. The second-order valence-corrected chi connectivity index (χ2v) is 5.05. The number of hydrogen-bond donors (Lipinski definition) is 0. The summed E-state index contributed by atoms with van der Waals surface area (Å²) in [5.41, 5.74) is 0. The van der Waals surface area contributed by atoms with Gasteiger partial charge in [0.2, 0.25) is 0 Å². The predicted molar refractivity (Wildman–Crippen MR) is 32.1 cm³/mol. The van der Waals surface area contributed by atoms with Crippen molar-refractivity contribution < 1.29 is 2.88 Å². The van der Waals surface area contributed by atoms with E-state index in [9.17, 15) is 0 Å². The highest BCUT2D eigenvalue weighted by Crippen LogP contribution is 1.95. The van der Waals surface area contributed by atoms with E-state index in [0.29, 0.717) is 0 Å². The van der Waals surface area contributed by atoms with Crippen LogP contribution in [0.4, 0.5) is 0 Å². The summed E-state index contributed by atoms with van der Waals surface area (Å²) in [6.07, 6.45) is 0. The molecule has 36 valence electrons. The van der Waals surface area contributed by atoms with Gasteiger partial charge in [0.25, 0.3) is 0 Å². The summed E-state index contributed by atoms with van der Waals surface area (Å²) in [7, 11) is 0. The van der Waals surface area contributed by atoms with Crippen molar-refractivity contribution >= 4 is 30.7 Å². The van der Waals surface area contributed by atoms with Gasteiger partial charge in [-0.3, -0.25) is 0 Å². The largest absolute Gasteiger partial charge is 0.472 e. The van der Waals surface area contributed by atoms with E-state index in [1.807, 2.05) is 0 Å². The molecule has 0 heterocycles. The molecule has 0 aliphatic heterocycles. The summed E-state index contributed by atoms with van der Waals surface area (Å²) in [4.78, 5) is 0. The Morgan fingerprint density at radius 2 is 2.33 bits per heavy atom. The van der Waals surface area contributed by atoms with Crippen molar-refractivity contribution in [3.63, 3.8) is 0 Å². The van der Waals surface area contributed by atoms with Gasteiger partial charge in [0, 0.05) is 0 Å². The zero-order valence-electron chi connectivity index (χ0n) is 4.07. The maximum absolute atomic E-state index is 4.85. The summed E-state index contributed by atoms with van der Waals surface area (Å²) in [5, 5.41) is 1.20. The summed E-state index contributed by atoms with van der Waals surface area (Å²) < 4.78 is 4.85. The molecule has 0 bridgehead atoms. The van der Waals surface area contributed by atoms with Gasteiger partial charge in [-0.15, -0.1) is 0 Å². The van der Waals surface area contributed by atoms with Crippen molar-refractivity contribution in [2.75, 3.05) is 0 Å². The van der Waals surface area contributed by atoms with Crippen LogP contribution in [0.5, 0.6) is 0 Å². The van der Waals surface area contributed by atoms with Crippen LogP contribution in [0, 0.1) is 0 Å². The summed E-state index contributed by atoms with van der Waals surface area (Å²) in [6.45, 7) is 2.14. The molecule has 3 heteroatoms. The summed E-state index contributed by atoms with van der Waals surface area (Å²) in [5.74, 6) is 2.15. The second kappa shape index (κ2) is 4.14. The Bertz CT molecular complexity index is 30.0. The maximum atomic E-state index is 4.85. The fraction of sp³-hybridized carbons (Fsp3) is 1.00. The Morgan fingerprint density at radius 1 is 1.83 bits per heavy atom. The van der Waals surface area contributed by atoms with Gasteiger partial charge >= 0.3 is 14.5 Å². The molecule has 0 rings (SSSR count). The molecular formula is C3H8AlBrO. The van der Waals surface area contributed by atoms with Crippen molar-refractivity contribution in [2.45, 2.75) is 18.0 Å². The molecule has 0 saturated heterocycles. The SMILES string of the molecule is C[CH2][Al]([CH3])[O]Br. The highest BCUT2D eigenvalue weighted by atomic mass is 79.9. The van der Waals surface area contributed by atoms with Gasteiger partial charge in [-0.25, -0.2) is 0 Å². The number of hydrogen-bond acceptors (Lipinski definition) is 1. The molecule has 0 unspecified atom stereocenters. The van der Waals surface area contributed by atoms with Crippen molar-refractivity contribution in [1.29, 1.82) is 0 Å². The zero-order valence-corrected chi connectivity index (χ0v) is 6.81. The molecule has 0 amide bonds. The van der Waals surface area contributed by atoms with Crippen LogP contribution in [0.25, 0.3) is 0 Å². The third-order valence-corrected chi connectivity index (χ3v) is 4.10. The monoisotopic (exact) mass is 166 g/mol. The molecule has 0 N–H and O–H groups in total. The Balaban J connectivity index is 2.75. The fourth-order valence-corrected chi connectivity index (χ4v) is 0.982. The minimum atomic E-state index is -0.744. The molecule has 0 aliphatic carbocycles. The Morgan fingerprint density at radius 3 is 2.33 bits per heavy atom. The molecule has 0 radical (unpaired) electrons. The van der Waals surface area contributed by atoms with Gasteiger partial charge in [-0.2, -0.15) is 0 Å². The topological polar surface area (TPSA) is 9.23 Å². The van der Waals surface area contributed by atoms with Gasteiger partial charge in [-0.1, -0.05) is 18.0 Å². The maximum Gasteiger partial charge on any atom is 0.472 e. The van der Waals surface area contributed by atoms with Crippen LogP contribution < -0.4 is 0 Å². The lowest BCUT2D eigenvalue weighted by Crippen LogP contribution is -2.02. The quantitative estimate of drug-likeness (QED) is 0.571. The lowest BCUT2D eigenvalue weighted by atomic mass is 11.0. The van der Waals surface area contributed by atoms with Crippen LogP contribution in [0.2, 0.25) is 11.1 Å². The molecule has 6 heavy (non-hydrogen) atoms. The molecular weight excluding hydrogens is 159 g/mol. The first kappa shape index (κ1) is 6.97.